The van der Waals surface area contributed by atoms with E-state index in [4.69, 9.17) is 0 Å². The van der Waals surface area contributed by atoms with Crippen molar-refractivity contribution in [3.8, 4) is 0 Å². The van der Waals surface area contributed by atoms with Gasteiger partial charge in [-0.1, -0.05) is 6.42 Å². The molecule has 7 heteroatoms. The monoisotopic (exact) mass is 493 g/mol. The van der Waals surface area contributed by atoms with Gasteiger partial charge in [-0.2, -0.15) is 0 Å². The third-order valence-electron chi connectivity index (χ3n) is 5.88. The second-order valence-corrected chi connectivity index (χ2v) is 8.39. The molecule has 2 fully saturated rings. The zero-order valence-electron chi connectivity index (χ0n) is 17.7. The molecule has 2 heterocycles. The van der Waals surface area contributed by atoms with Crippen LogP contribution in [0, 0.1) is 0 Å². The van der Waals surface area contributed by atoms with Crippen molar-refractivity contribution >= 4 is 35.8 Å². The van der Waals surface area contributed by atoms with E-state index in [1.54, 1.807) is 7.05 Å². The predicted octanol–water partition coefficient (Wildman–Crippen LogP) is 2.83. The Morgan fingerprint density at radius 1 is 1.07 bits per heavy atom. The van der Waals surface area contributed by atoms with Gasteiger partial charge in [-0.15, -0.1) is 24.0 Å². The molecule has 27 heavy (non-hydrogen) atoms. The van der Waals surface area contributed by atoms with Crippen molar-refractivity contribution in [2.75, 3.05) is 39.8 Å². The minimum absolute atomic E-state index is 0. The summed E-state index contributed by atoms with van der Waals surface area (Å²) < 4.78 is 0. The van der Waals surface area contributed by atoms with Crippen LogP contribution in [0.25, 0.3) is 0 Å². The highest BCUT2D eigenvalue weighted by molar-refractivity contribution is 14.0. The molecule has 0 aromatic heterocycles. The number of likely N-dealkylation sites (tertiary alicyclic amines) is 2. The van der Waals surface area contributed by atoms with Gasteiger partial charge in [-0.05, 0) is 66.0 Å². The number of aliphatic imine (C=N–C) groups is 1. The number of piperidine rings is 2. The molecule has 6 nitrogen and oxygen atoms in total. The lowest BCUT2D eigenvalue weighted by Gasteiger charge is -2.41. The van der Waals surface area contributed by atoms with Gasteiger partial charge in [0.1, 0.15) is 0 Å². The normalized spacial score (nSPS) is 22.1. The number of hydrogen-bond donors (Lipinski definition) is 2. The van der Waals surface area contributed by atoms with E-state index in [1.807, 2.05) is 4.90 Å². The summed E-state index contributed by atoms with van der Waals surface area (Å²) in [6, 6.07) is 0.388. The van der Waals surface area contributed by atoms with Crippen LogP contribution in [-0.4, -0.2) is 73.0 Å². The van der Waals surface area contributed by atoms with E-state index in [9.17, 15) is 4.79 Å². The van der Waals surface area contributed by atoms with Crippen molar-refractivity contribution < 1.29 is 4.79 Å². The Bertz CT molecular complexity index is 477. The molecule has 0 bridgehead atoms. The maximum Gasteiger partial charge on any atom is 0.224 e. The second-order valence-electron chi connectivity index (χ2n) is 8.39. The molecule has 0 saturated carbocycles. The van der Waals surface area contributed by atoms with Crippen molar-refractivity contribution in [3.05, 3.63) is 0 Å². The Balaban J connectivity index is 0.00000364. The van der Waals surface area contributed by atoms with E-state index in [-0.39, 0.29) is 35.4 Å². The molecule has 2 aliphatic heterocycles. The molecule has 0 aromatic rings. The molecule has 0 aromatic carbocycles. The van der Waals surface area contributed by atoms with Gasteiger partial charge < -0.3 is 15.5 Å². The van der Waals surface area contributed by atoms with Crippen molar-refractivity contribution in [1.82, 2.24) is 20.4 Å². The molecule has 1 unspecified atom stereocenters. The van der Waals surface area contributed by atoms with E-state index >= 15 is 0 Å². The number of guanidine groups is 1. The average Bonchev–Trinajstić information content (AvgIpc) is 2.65. The minimum atomic E-state index is 0. The molecule has 1 amide bonds. The molecule has 2 N–H and O–H groups in total. The number of rotatable bonds is 6. The summed E-state index contributed by atoms with van der Waals surface area (Å²) in [4.78, 5) is 21.3. The van der Waals surface area contributed by atoms with Crippen molar-refractivity contribution in [1.29, 1.82) is 0 Å². The Labute approximate surface area is 182 Å². The van der Waals surface area contributed by atoms with Crippen LogP contribution in [0.2, 0.25) is 0 Å². The third-order valence-corrected chi connectivity index (χ3v) is 5.88. The average molecular weight is 493 g/mol. The highest BCUT2D eigenvalue weighted by Gasteiger charge is 2.28. The Hall–Kier alpha value is -0.570. The topological polar surface area (TPSA) is 60.0 Å². The lowest BCUT2D eigenvalue weighted by molar-refractivity contribution is -0.134. The summed E-state index contributed by atoms with van der Waals surface area (Å²) in [7, 11) is 1.79. The molecule has 0 spiro atoms. The van der Waals surface area contributed by atoms with Crippen LogP contribution in [-0.2, 0) is 4.79 Å². The molecule has 158 valence electrons. The Kier molecular flexibility index (Phi) is 11.0. The van der Waals surface area contributed by atoms with E-state index in [0.29, 0.717) is 19.0 Å². The van der Waals surface area contributed by atoms with Gasteiger partial charge in [0.2, 0.25) is 5.91 Å². The van der Waals surface area contributed by atoms with Gasteiger partial charge in [-0.3, -0.25) is 14.7 Å². The van der Waals surface area contributed by atoms with Crippen LogP contribution in [0.5, 0.6) is 0 Å². The van der Waals surface area contributed by atoms with Crippen LogP contribution < -0.4 is 10.6 Å². The quantitative estimate of drug-likeness (QED) is 0.340. The van der Waals surface area contributed by atoms with E-state index in [0.717, 1.165) is 31.9 Å². The van der Waals surface area contributed by atoms with Crippen LogP contribution in [0.1, 0.15) is 65.7 Å². The Morgan fingerprint density at radius 3 is 2.37 bits per heavy atom. The first-order valence-corrected chi connectivity index (χ1v) is 10.4. The highest BCUT2D eigenvalue weighted by Crippen LogP contribution is 2.20. The number of amides is 1. The largest absolute Gasteiger partial charge is 0.356 e. The van der Waals surface area contributed by atoms with Gasteiger partial charge in [0.15, 0.2) is 5.96 Å². The fourth-order valence-corrected chi connectivity index (χ4v) is 4.03. The van der Waals surface area contributed by atoms with Crippen molar-refractivity contribution in [3.63, 3.8) is 0 Å². The molecule has 2 saturated heterocycles. The van der Waals surface area contributed by atoms with Crippen LogP contribution in [0.15, 0.2) is 4.99 Å². The van der Waals surface area contributed by atoms with Crippen LogP contribution >= 0.6 is 24.0 Å². The zero-order chi connectivity index (χ0) is 19.0. The summed E-state index contributed by atoms with van der Waals surface area (Å²) in [6.07, 6.45) is 7.99. The van der Waals surface area contributed by atoms with Gasteiger partial charge in [0.25, 0.3) is 0 Å². The van der Waals surface area contributed by atoms with E-state index in [2.05, 4.69) is 41.3 Å². The first kappa shape index (κ1) is 24.5. The zero-order valence-corrected chi connectivity index (χ0v) is 20.1. The number of hydrogen-bond acceptors (Lipinski definition) is 3. The first-order valence-electron chi connectivity index (χ1n) is 10.4. The molecule has 0 aliphatic carbocycles. The summed E-state index contributed by atoms with van der Waals surface area (Å²) in [5.74, 6) is 1.04. The summed E-state index contributed by atoms with van der Waals surface area (Å²) >= 11 is 0. The minimum Gasteiger partial charge on any atom is -0.356 e. The maximum atomic E-state index is 12.4. The molecule has 1 atom stereocenters. The van der Waals surface area contributed by atoms with E-state index < -0.39 is 0 Å². The standard InChI is InChI=1S/C20H39N5O.HI/c1-17-10-6-9-15-25(17)18(26)11-12-22-19(21-4)23-16-20(2,3)24-13-7-5-8-14-24;/h17H,5-16H2,1-4H3,(H2,21,22,23);1H. The fourth-order valence-electron chi connectivity index (χ4n) is 4.03. The SMILES string of the molecule is CN=C(NCCC(=O)N1CCCCC1C)NCC(C)(C)N1CCCCC1.I. The van der Waals surface area contributed by atoms with Gasteiger partial charge in [0.05, 0.1) is 0 Å². The molecular formula is C20H40IN5O. The number of carbonyl (C=O) groups is 1. The summed E-state index contributed by atoms with van der Waals surface area (Å²) in [5, 5.41) is 6.74. The maximum absolute atomic E-state index is 12.4. The number of carbonyl (C=O) groups excluding carboxylic acids is 1. The van der Waals surface area contributed by atoms with Gasteiger partial charge >= 0.3 is 0 Å². The first-order chi connectivity index (χ1) is 12.4. The van der Waals surface area contributed by atoms with Gasteiger partial charge in [0, 0.05) is 44.7 Å². The fraction of sp³-hybridized carbons (Fsp3) is 0.900. The van der Waals surface area contributed by atoms with Crippen molar-refractivity contribution in [2.45, 2.75) is 77.3 Å². The van der Waals surface area contributed by atoms with Crippen LogP contribution in [0.4, 0.5) is 0 Å². The summed E-state index contributed by atoms with van der Waals surface area (Å²) in [5.41, 5.74) is 0.108. The predicted molar refractivity (Wildman–Crippen MR) is 124 cm³/mol. The smallest absolute Gasteiger partial charge is 0.224 e. The molecule has 2 aliphatic rings. The van der Waals surface area contributed by atoms with Gasteiger partial charge in [-0.25, -0.2) is 0 Å². The molecule has 0 radical (unpaired) electrons. The van der Waals surface area contributed by atoms with Crippen LogP contribution in [0.3, 0.4) is 0 Å². The van der Waals surface area contributed by atoms with E-state index in [1.165, 1.54) is 38.8 Å². The number of halogens is 1. The Morgan fingerprint density at radius 2 is 1.74 bits per heavy atom. The lowest BCUT2D eigenvalue weighted by atomic mass is 9.98. The molecular weight excluding hydrogens is 453 g/mol. The third kappa shape index (κ3) is 7.75. The second kappa shape index (κ2) is 12.1. The number of nitrogens with zero attached hydrogens (tertiary/aromatic N) is 3. The molecule has 2 rings (SSSR count). The highest BCUT2D eigenvalue weighted by atomic mass is 127. The summed E-state index contributed by atoms with van der Waals surface area (Å²) in [6.45, 7) is 11.5. The number of nitrogens with one attached hydrogen (secondary N) is 2. The van der Waals surface area contributed by atoms with Crippen molar-refractivity contribution in [2.24, 2.45) is 4.99 Å². The lowest BCUT2D eigenvalue weighted by Crippen LogP contribution is -2.55.